The first kappa shape index (κ1) is 13.9. The normalized spacial score (nSPS) is 12.7. The van der Waals surface area contributed by atoms with Crippen LogP contribution in [0.25, 0.3) is 0 Å². The van der Waals surface area contributed by atoms with Crippen LogP contribution in [0.2, 0.25) is 0 Å². The van der Waals surface area contributed by atoms with E-state index in [1.807, 2.05) is 27.7 Å². The van der Waals surface area contributed by atoms with Crippen molar-refractivity contribution in [3.05, 3.63) is 0 Å². The number of nitrogens with one attached hydrogen (secondary N) is 1. The van der Waals surface area contributed by atoms with Crippen LogP contribution in [0.4, 0.5) is 0 Å². The zero-order chi connectivity index (χ0) is 11.8. The summed E-state index contributed by atoms with van der Waals surface area (Å²) in [7, 11) is 0. The van der Waals surface area contributed by atoms with Crippen molar-refractivity contribution in [2.45, 2.75) is 40.2 Å². The van der Waals surface area contributed by atoms with E-state index in [9.17, 15) is 9.59 Å². The van der Waals surface area contributed by atoms with E-state index in [0.717, 1.165) is 0 Å². The first-order valence-electron chi connectivity index (χ1n) is 5.33. The van der Waals surface area contributed by atoms with Crippen molar-refractivity contribution in [3.8, 4) is 0 Å². The van der Waals surface area contributed by atoms with Gasteiger partial charge in [0.05, 0.1) is 6.61 Å². The molecule has 0 spiro atoms. The molecule has 0 bridgehead atoms. The van der Waals surface area contributed by atoms with E-state index in [4.69, 9.17) is 4.74 Å². The molecule has 0 aliphatic heterocycles. The first-order valence-corrected chi connectivity index (χ1v) is 5.33. The molecule has 0 aromatic carbocycles. The fourth-order valence-electron chi connectivity index (χ4n) is 1.14. The fraction of sp³-hybridized carbons (Fsp3) is 0.818. The minimum absolute atomic E-state index is 0.310. The van der Waals surface area contributed by atoms with E-state index in [-0.39, 0.29) is 5.97 Å². The van der Waals surface area contributed by atoms with Crippen molar-refractivity contribution >= 4 is 12.4 Å². The predicted octanol–water partition coefficient (Wildman–Crippen LogP) is 1.35. The number of hydrogen-bond donors (Lipinski definition) is 1. The molecule has 1 amide bonds. The highest BCUT2D eigenvalue weighted by Gasteiger charge is 2.20. The molecule has 0 aliphatic carbocycles. The largest absolute Gasteiger partial charge is 0.464 e. The van der Waals surface area contributed by atoms with Crippen molar-refractivity contribution in [3.63, 3.8) is 0 Å². The molecule has 0 saturated carbocycles. The van der Waals surface area contributed by atoms with E-state index in [0.29, 0.717) is 31.3 Å². The van der Waals surface area contributed by atoms with E-state index >= 15 is 0 Å². The number of ether oxygens (including phenoxy) is 1. The van der Waals surface area contributed by atoms with Crippen LogP contribution < -0.4 is 5.32 Å². The van der Waals surface area contributed by atoms with Gasteiger partial charge >= 0.3 is 5.97 Å². The van der Waals surface area contributed by atoms with Crippen LogP contribution in [-0.2, 0) is 14.3 Å². The Labute approximate surface area is 91.4 Å². The van der Waals surface area contributed by atoms with Crippen molar-refractivity contribution in [2.75, 3.05) is 6.61 Å². The third kappa shape index (κ3) is 6.94. The van der Waals surface area contributed by atoms with Crippen LogP contribution in [0.3, 0.4) is 0 Å². The van der Waals surface area contributed by atoms with Gasteiger partial charge < -0.3 is 10.1 Å². The number of rotatable bonds is 7. The highest BCUT2D eigenvalue weighted by Crippen LogP contribution is 2.06. The molecule has 0 saturated heterocycles. The second-order valence-corrected chi connectivity index (χ2v) is 4.49. The molecule has 0 radical (unpaired) electrons. The summed E-state index contributed by atoms with van der Waals surface area (Å²) in [5, 5.41) is 2.48. The summed E-state index contributed by atoms with van der Waals surface area (Å²) in [5.74, 6) is 0.309. The van der Waals surface area contributed by atoms with Crippen molar-refractivity contribution in [1.82, 2.24) is 5.32 Å². The van der Waals surface area contributed by atoms with E-state index in [2.05, 4.69) is 5.32 Å². The lowest BCUT2D eigenvalue weighted by Crippen LogP contribution is -2.38. The SMILES string of the molecule is CC(C)COC(=O)[C@H](CC(C)C)NC=O. The van der Waals surface area contributed by atoms with Gasteiger partial charge in [0, 0.05) is 0 Å². The van der Waals surface area contributed by atoms with Gasteiger partial charge in [-0.05, 0) is 18.3 Å². The average molecular weight is 215 g/mol. The molecule has 1 N–H and O–H groups in total. The smallest absolute Gasteiger partial charge is 0.328 e. The Morgan fingerprint density at radius 2 is 1.87 bits per heavy atom. The first-order chi connectivity index (χ1) is 6.97. The summed E-state index contributed by atoms with van der Waals surface area (Å²) in [6, 6.07) is -0.513. The maximum Gasteiger partial charge on any atom is 0.328 e. The Bertz CT molecular complexity index is 202. The van der Waals surface area contributed by atoms with E-state index in [1.54, 1.807) is 0 Å². The molecule has 0 aromatic rings. The van der Waals surface area contributed by atoms with Crippen LogP contribution in [0, 0.1) is 11.8 Å². The molecular weight excluding hydrogens is 194 g/mol. The van der Waals surface area contributed by atoms with Crippen LogP contribution in [0.5, 0.6) is 0 Å². The lowest BCUT2D eigenvalue weighted by Gasteiger charge is -2.17. The van der Waals surface area contributed by atoms with Gasteiger partial charge in [-0.2, -0.15) is 0 Å². The summed E-state index contributed by atoms with van der Waals surface area (Å²) >= 11 is 0. The number of hydrogen-bond acceptors (Lipinski definition) is 3. The molecule has 0 rings (SSSR count). The molecule has 0 fully saturated rings. The van der Waals surface area contributed by atoms with Gasteiger partial charge in [-0.15, -0.1) is 0 Å². The maximum absolute atomic E-state index is 11.5. The molecule has 0 aliphatic rings. The Balaban J connectivity index is 4.09. The molecule has 0 heterocycles. The lowest BCUT2D eigenvalue weighted by atomic mass is 10.0. The number of esters is 1. The van der Waals surface area contributed by atoms with Crippen molar-refractivity contribution < 1.29 is 14.3 Å². The van der Waals surface area contributed by atoms with Crippen molar-refractivity contribution in [2.24, 2.45) is 11.8 Å². The number of carbonyl (C=O) groups excluding carboxylic acids is 2. The van der Waals surface area contributed by atoms with Gasteiger partial charge in [-0.25, -0.2) is 4.79 Å². The second kappa shape index (κ2) is 7.26. The van der Waals surface area contributed by atoms with Crippen LogP contribution in [0.15, 0.2) is 0 Å². The monoisotopic (exact) mass is 215 g/mol. The fourth-order valence-corrected chi connectivity index (χ4v) is 1.14. The Kier molecular flexibility index (Phi) is 6.75. The molecule has 4 nitrogen and oxygen atoms in total. The number of carbonyl (C=O) groups is 2. The Morgan fingerprint density at radius 1 is 1.27 bits per heavy atom. The Morgan fingerprint density at radius 3 is 2.27 bits per heavy atom. The summed E-state index contributed by atoms with van der Waals surface area (Å²) in [6.07, 6.45) is 1.15. The summed E-state index contributed by atoms with van der Waals surface area (Å²) in [4.78, 5) is 21.8. The van der Waals surface area contributed by atoms with E-state index in [1.165, 1.54) is 0 Å². The zero-order valence-electron chi connectivity index (χ0n) is 9.95. The predicted molar refractivity (Wildman–Crippen MR) is 58.2 cm³/mol. The summed E-state index contributed by atoms with van der Waals surface area (Å²) < 4.78 is 5.06. The lowest BCUT2D eigenvalue weighted by molar-refractivity contribution is -0.148. The van der Waals surface area contributed by atoms with Gasteiger partial charge in [0.25, 0.3) is 0 Å². The maximum atomic E-state index is 11.5. The van der Waals surface area contributed by atoms with Gasteiger partial charge in [-0.3, -0.25) is 4.79 Å². The van der Waals surface area contributed by atoms with Crippen LogP contribution in [0.1, 0.15) is 34.1 Å². The van der Waals surface area contributed by atoms with Crippen LogP contribution in [-0.4, -0.2) is 25.0 Å². The van der Waals surface area contributed by atoms with Gasteiger partial charge in [0.2, 0.25) is 6.41 Å². The quantitative estimate of drug-likeness (QED) is 0.515. The summed E-state index contributed by atoms with van der Waals surface area (Å²) in [5.41, 5.74) is 0. The molecular formula is C11H21NO3. The average Bonchev–Trinajstić information content (AvgIpc) is 2.12. The highest BCUT2D eigenvalue weighted by molar-refractivity contribution is 5.78. The third-order valence-corrected chi connectivity index (χ3v) is 1.82. The highest BCUT2D eigenvalue weighted by atomic mass is 16.5. The minimum atomic E-state index is -0.513. The molecule has 4 heteroatoms. The molecule has 0 unspecified atom stereocenters. The van der Waals surface area contributed by atoms with Gasteiger partial charge in [-0.1, -0.05) is 27.7 Å². The van der Waals surface area contributed by atoms with E-state index < -0.39 is 6.04 Å². The minimum Gasteiger partial charge on any atom is -0.464 e. The molecule has 0 aromatic heterocycles. The topological polar surface area (TPSA) is 55.4 Å². The number of amides is 1. The summed E-state index contributed by atoms with van der Waals surface area (Å²) in [6.45, 7) is 8.33. The third-order valence-electron chi connectivity index (χ3n) is 1.82. The molecule has 1 atom stereocenters. The van der Waals surface area contributed by atoms with Crippen LogP contribution >= 0.6 is 0 Å². The van der Waals surface area contributed by atoms with Gasteiger partial charge in [0.1, 0.15) is 6.04 Å². The standard InChI is InChI=1S/C11H21NO3/c1-8(2)5-10(12-7-13)11(14)15-6-9(3)4/h7-10H,5-6H2,1-4H3,(H,12,13)/t10-/m0/s1. The van der Waals surface area contributed by atoms with Gasteiger partial charge in [0.15, 0.2) is 0 Å². The Hall–Kier alpha value is -1.06. The zero-order valence-corrected chi connectivity index (χ0v) is 9.95. The molecule has 88 valence electrons. The second-order valence-electron chi connectivity index (χ2n) is 4.49. The van der Waals surface area contributed by atoms with Crippen molar-refractivity contribution in [1.29, 1.82) is 0 Å². The molecule has 15 heavy (non-hydrogen) atoms.